The fourth-order valence-corrected chi connectivity index (χ4v) is 3.62. The van der Waals surface area contributed by atoms with Gasteiger partial charge in [0, 0.05) is 25.1 Å². The molecule has 2 fully saturated rings. The molecule has 1 saturated carbocycles. The maximum absolute atomic E-state index is 12.6. The minimum absolute atomic E-state index is 0.108. The van der Waals surface area contributed by atoms with Gasteiger partial charge in [-0.2, -0.15) is 5.10 Å². The van der Waals surface area contributed by atoms with E-state index in [2.05, 4.69) is 25.7 Å². The molecule has 28 heavy (non-hydrogen) atoms. The Morgan fingerprint density at radius 2 is 2.25 bits per heavy atom. The van der Waals surface area contributed by atoms with Crippen molar-refractivity contribution in [1.29, 1.82) is 0 Å². The fraction of sp³-hybridized carbons (Fsp3) is 0.500. The molecule has 3 rings (SSSR count). The number of nitrogens with two attached hydrogens (primary N) is 1. The third-order valence-corrected chi connectivity index (χ3v) is 5.26. The average Bonchev–Trinajstić information content (AvgIpc) is 3.54. The standard InChI is InChI=1S/C16H20N6O5S/c1-18-4-9(22-17)5-19-13(23)10-3-16(10,2-8-6-28-7-20-8)21-14(24)11-12(27-11)15(25)26/h4,6-7,10-12H,2-3,5,17H2,1H3,(H,19,23)(H,21,24)(H,25,26)/t10?,11-,12-,16-/m0/s1. The first-order valence-corrected chi connectivity index (χ1v) is 9.38. The Kier molecular flexibility index (Phi) is 5.70. The molecule has 5 N–H and O–H groups in total. The second kappa shape index (κ2) is 8.02. The molecule has 2 amide bonds. The zero-order valence-electron chi connectivity index (χ0n) is 15.0. The van der Waals surface area contributed by atoms with E-state index in [1.165, 1.54) is 17.6 Å². The average molecular weight is 408 g/mol. The van der Waals surface area contributed by atoms with E-state index in [0.717, 1.165) is 5.69 Å². The number of carbonyl (C=O) groups is 3. The predicted molar refractivity (Wildman–Crippen MR) is 100 cm³/mol. The molecule has 150 valence electrons. The van der Waals surface area contributed by atoms with Gasteiger partial charge in [0.2, 0.25) is 5.91 Å². The second-order valence-corrected chi connectivity index (χ2v) is 7.32. The number of amides is 2. The molecule has 1 aromatic heterocycles. The topological polar surface area (TPSA) is 172 Å². The number of hydrogen-bond acceptors (Lipinski definition) is 9. The molecule has 2 heterocycles. The van der Waals surface area contributed by atoms with E-state index < -0.39 is 35.5 Å². The summed E-state index contributed by atoms with van der Waals surface area (Å²) in [5.41, 5.74) is 1.99. The highest BCUT2D eigenvalue weighted by atomic mass is 32.1. The van der Waals surface area contributed by atoms with Gasteiger partial charge in [-0.3, -0.25) is 14.6 Å². The normalized spacial score (nSPS) is 28.8. The first kappa shape index (κ1) is 19.9. The Morgan fingerprint density at radius 3 is 2.82 bits per heavy atom. The summed E-state index contributed by atoms with van der Waals surface area (Å²) in [6.45, 7) is 0.108. The van der Waals surface area contributed by atoms with E-state index in [0.29, 0.717) is 18.6 Å². The van der Waals surface area contributed by atoms with Gasteiger partial charge >= 0.3 is 5.97 Å². The molecule has 0 spiro atoms. The van der Waals surface area contributed by atoms with Crippen molar-refractivity contribution in [3.05, 3.63) is 16.6 Å². The Hall–Kier alpha value is -2.86. The van der Waals surface area contributed by atoms with Crippen LogP contribution in [0.5, 0.6) is 0 Å². The van der Waals surface area contributed by atoms with Crippen molar-refractivity contribution in [2.45, 2.75) is 30.6 Å². The molecule has 1 unspecified atom stereocenters. The van der Waals surface area contributed by atoms with Gasteiger partial charge in [0.1, 0.15) is 0 Å². The van der Waals surface area contributed by atoms with E-state index >= 15 is 0 Å². The van der Waals surface area contributed by atoms with Gasteiger partial charge in [-0.25, -0.2) is 9.78 Å². The molecule has 11 nitrogen and oxygen atoms in total. The molecule has 1 aliphatic heterocycles. The van der Waals surface area contributed by atoms with Gasteiger partial charge in [-0.1, -0.05) is 0 Å². The summed E-state index contributed by atoms with van der Waals surface area (Å²) < 4.78 is 4.90. The smallest absolute Gasteiger partial charge is 0.336 e. The quantitative estimate of drug-likeness (QED) is 0.167. The Morgan fingerprint density at radius 1 is 1.46 bits per heavy atom. The number of aliphatic carboxylic acids is 1. The second-order valence-electron chi connectivity index (χ2n) is 6.60. The molecule has 4 atom stereocenters. The number of rotatable bonds is 9. The molecule has 1 aliphatic carbocycles. The lowest BCUT2D eigenvalue weighted by Gasteiger charge is -2.18. The number of aromatic nitrogens is 1. The maximum atomic E-state index is 12.6. The number of aliphatic imine (C=N–C) groups is 1. The highest BCUT2D eigenvalue weighted by molar-refractivity contribution is 7.07. The maximum Gasteiger partial charge on any atom is 0.336 e. The number of nitrogens with zero attached hydrogens (tertiary/aromatic N) is 3. The number of hydrazone groups is 1. The van der Waals surface area contributed by atoms with E-state index in [4.69, 9.17) is 15.7 Å². The van der Waals surface area contributed by atoms with Crippen LogP contribution in [0.3, 0.4) is 0 Å². The molecular weight excluding hydrogens is 388 g/mol. The zero-order valence-corrected chi connectivity index (χ0v) is 15.8. The minimum atomic E-state index is -1.19. The highest BCUT2D eigenvalue weighted by Crippen LogP contribution is 2.46. The van der Waals surface area contributed by atoms with Crippen LogP contribution < -0.4 is 16.5 Å². The Balaban J connectivity index is 1.65. The van der Waals surface area contributed by atoms with Crippen LogP contribution in [0.1, 0.15) is 12.1 Å². The van der Waals surface area contributed by atoms with Crippen LogP contribution in [-0.4, -0.2) is 71.1 Å². The molecule has 1 aromatic rings. The molecule has 0 radical (unpaired) electrons. The predicted octanol–water partition coefficient (Wildman–Crippen LogP) is -1.46. The summed E-state index contributed by atoms with van der Waals surface area (Å²) in [5, 5.41) is 19.8. The summed E-state index contributed by atoms with van der Waals surface area (Å²) >= 11 is 1.41. The molecule has 1 saturated heterocycles. The Bertz CT molecular complexity index is 826. The number of ether oxygens (including phenoxy) is 1. The number of carboxylic acids is 1. The van der Waals surface area contributed by atoms with Crippen LogP contribution in [-0.2, 0) is 25.5 Å². The summed E-state index contributed by atoms with van der Waals surface area (Å²) in [7, 11) is 1.56. The van der Waals surface area contributed by atoms with Crippen LogP contribution in [0.15, 0.2) is 21.0 Å². The lowest BCUT2D eigenvalue weighted by atomic mass is 10.1. The van der Waals surface area contributed by atoms with Gasteiger partial charge in [0.05, 0.1) is 34.9 Å². The number of thiazole rings is 1. The summed E-state index contributed by atoms with van der Waals surface area (Å²) in [6.07, 6.45) is 0.0288. The summed E-state index contributed by atoms with van der Waals surface area (Å²) in [5.74, 6) is 2.75. The summed E-state index contributed by atoms with van der Waals surface area (Å²) in [4.78, 5) is 43.9. The molecule has 2 aliphatic rings. The Labute approximate surface area is 164 Å². The van der Waals surface area contributed by atoms with Crippen LogP contribution in [0.25, 0.3) is 0 Å². The first-order chi connectivity index (χ1) is 13.4. The SMILES string of the molecule is CN=CC(CNC(=O)C1C[C@]1(Cc1cscn1)NC(=O)[C@H]1O[C@@H]1C(=O)O)=NN. The van der Waals surface area contributed by atoms with Crippen LogP contribution in [0.2, 0.25) is 0 Å². The van der Waals surface area contributed by atoms with E-state index in [1.54, 1.807) is 12.6 Å². The van der Waals surface area contributed by atoms with Crippen molar-refractivity contribution in [3.63, 3.8) is 0 Å². The largest absolute Gasteiger partial charge is 0.479 e. The number of carboxylic acid groups (broad SMARTS) is 1. The van der Waals surface area contributed by atoms with E-state index in [1.807, 2.05) is 5.38 Å². The minimum Gasteiger partial charge on any atom is -0.479 e. The van der Waals surface area contributed by atoms with E-state index in [9.17, 15) is 14.4 Å². The van der Waals surface area contributed by atoms with Crippen molar-refractivity contribution in [2.75, 3.05) is 13.6 Å². The van der Waals surface area contributed by atoms with Gasteiger partial charge in [-0.05, 0) is 6.42 Å². The molecule has 0 bridgehead atoms. The van der Waals surface area contributed by atoms with Gasteiger partial charge in [0.15, 0.2) is 12.2 Å². The van der Waals surface area contributed by atoms with Gasteiger partial charge < -0.3 is 26.3 Å². The van der Waals surface area contributed by atoms with Crippen LogP contribution in [0.4, 0.5) is 0 Å². The van der Waals surface area contributed by atoms with Crippen molar-refractivity contribution >= 4 is 41.0 Å². The number of carbonyl (C=O) groups excluding carboxylic acids is 2. The van der Waals surface area contributed by atoms with Crippen LogP contribution >= 0.6 is 11.3 Å². The summed E-state index contributed by atoms with van der Waals surface area (Å²) in [6, 6.07) is 0. The first-order valence-electron chi connectivity index (χ1n) is 8.44. The number of nitrogens with one attached hydrogen (secondary N) is 2. The zero-order chi connectivity index (χ0) is 20.3. The highest BCUT2D eigenvalue weighted by Gasteiger charge is 2.61. The van der Waals surface area contributed by atoms with Crippen LogP contribution in [0, 0.1) is 5.92 Å². The van der Waals surface area contributed by atoms with Gasteiger partial charge in [-0.15, -0.1) is 11.3 Å². The third-order valence-electron chi connectivity index (χ3n) is 4.63. The third kappa shape index (κ3) is 4.34. The van der Waals surface area contributed by atoms with E-state index in [-0.39, 0.29) is 12.5 Å². The monoisotopic (exact) mass is 408 g/mol. The molecule has 12 heteroatoms. The number of hydrogen-bond donors (Lipinski definition) is 4. The number of epoxide rings is 1. The fourth-order valence-electron chi connectivity index (χ4n) is 3.07. The van der Waals surface area contributed by atoms with Crippen molar-refractivity contribution in [1.82, 2.24) is 15.6 Å². The lowest BCUT2D eigenvalue weighted by molar-refractivity contribution is -0.138. The van der Waals surface area contributed by atoms with Crippen molar-refractivity contribution in [2.24, 2.45) is 21.9 Å². The van der Waals surface area contributed by atoms with Crippen molar-refractivity contribution < 1.29 is 24.2 Å². The molecular formula is C16H20N6O5S. The molecule has 0 aromatic carbocycles. The van der Waals surface area contributed by atoms with Crippen molar-refractivity contribution in [3.8, 4) is 0 Å². The lowest BCUT2D eigenvalue weighted by Crippen LogP contribution is -2.46. The van der Waals surface area contributed by atoms with Gasteiger partial charge in [0.25, 0.3) is 5.91 Å².